The van der Waals surface area contributed by atoms with Gasteiger partial charge in [0.05, 0.1) is 5.54 Å². The Hall–Kier alpha value is -0.990. The number of carbonyl (C=O) groups excluding carboxylic acids is 1. The summed E-state index contributed by atoms with van der Waals surface area (Å²) < 4.78 is 0. The number of halogens is 2. The first-order valence-corrected chi connectivity index (χ1v) is 7.18. The van der Waals surface area contributed by atoms with E-state index in [9.17, 15) is 4.79 Å². The Kier molecular flexibility index (Phi) is 2.91. The standard InChI is InChI=1S/C15H15Cl2NO/c1-8-13(11-7-10(16)5-6-12(11)17)14(19)18-15(8,2)9-3-4-9/h5-7,9H,3-4H2,1-2H3,(H,18,19). The highest BCUT2D eigenvalue weighted by molar-refractivity contribution is 6.37. The summed E-state index contributed by atoms with van der Waals surface area (Å²) in [6.07, 6.45) is 2.34. The minimum Gasteiger partial charge on any atom is -0.343 e. The van der Waals surface area contributed by atoms with Gasteiger partial charge in [-0.25, -0.2) is 0 Å². The first-order chi connectivity index (χ1) is 8.93. The average molecular weight is 296 g/mol. The molecule has 4 heteroatoms. The molecule has 1 heterocycles. The van der Waals surface area contributed by atoms with E-state index >= 15 is 0 Å². The average Bonchev–Trinajstić information content (AvgIpc) is 3.14. The molecule has 0 radical (unpaired) electrons. The van der Waals surface area contributed by atoms with Crippen molar-refractivity contribution in [1.29, 1.82) is 0 Å². The van der Waals surface area contributed by atoms with Gasteiger partial charge in [-0.3, -0.25) is 4.79 Å². The van der Waals surface area contributed by atoms with Gasteiger partial charge >= 0.3 is 0 Å². The molecule has 0 spiro atoms. The third-order valence-electron chi connectivity index (χ3n) is 4.35. The summed E-state index contributed by atoms with van der Waals surface area (Å²) in [4.78, 5) is 12.3. The summed E-state index contributed by atoms with van der Waals surface area (Å²) in [5.41, 5.74) is 2.26. The quantitative estimate of drug-likeness (QED) is 0.876. The Morgan fingerprint density at radius 2 is 2.00 bits per heavy atom. The Morgan fingerprint density at radius 1 is 1.32 bits per heavy atom. The summed E-state index contributed by atoms with van der Waals surface area (Å²) in [5, 5.41) is 4.28. The minimum atomic E-state index is -0.224. The zero-order chi connectivity index (χ0) is 13.8. The van der Waals surface area contributed by atoms with Crippen molar-refractivity contribution < 1.29 is 4.79 Å². The van der Waals surface area contributed by atoms with Gasteiger partial charge in [0.25, 0.3) is 5.91 Å². The molecule has 0 aromatic heterocycles. The predicted octanol–water partition coefficient (Wildman–Crippen LogP) is 4.07. The van der Waals surface area contributed by atoms with Gasteiger partial charge in [0.2, 0.25) is 0 Å². The minimum absolute atomic E-state index is 0.0453. The first kappa shape index (κ1) is 13.0. The van der Waals surface area contributed by atoms with E-state index in [0.717, 1.165) is 11.1 Å². The largest absolute Gasteiger partial charge is 0.343 e. The molecule has 100 valence electrons. The number of amides is 1. The maximum Gasteiger partial charge on any atom is 0.252 e. The summed E-state index contributed by atoms with van der Waals surface area (Å²) in [7, 11) is 0. The van der Waals surface area contributed by atoms with Gasteiger partial charge < -0.3 is 5.32 Å². The van der Waals surface area contributed by atoms with Crippen LogP contribution in [0.15, 0.2) is 23.8 Å². The SMILES string of the molecule is CC1=C(c2cc(Cl)ccc2Cl)C(=O)NC1(C)C1CC1. The molecule has 1 amide bonds. The number of hydrogen-bond donors (Lipinski definition) is 1. The van der Waals surface area contributed by atoms with Gasteiger partial charge in [-0.05, 0) is 56.4 Å². The molecule has 3 rings (SSSR count). The van der Waals surface area contributed by atoms with Gasteiger partial charge in [0.15, 0.2) is 0 Å². The van der Waals surface area contributed by atoms with E-state index in [4.69, 9.17) is 23.2 Å². The van der Waals surface area contributed by atoms with Gasteiger partial charge in [0.1, 0.15) is 0 Å². The second-order valence-corrected chi connectivity index (χ2v) is 6.40. The molecule has 0 saturated heterocycles. The van der Waals surface area contributed by atoms with Gasteiger partial charge in [-0.15, -0.1) is 0 Å². The topological polar surface area (TPSA) is 29.1 Å². The van der Waals surface area contributed by atoms with Crippen molar-refractivity contribution in [3.63, 3.8) is 0 Å². The van der Waals surface area contributed by atoms with Crippen molar-refractivity contribution in [3.8, 4) is 0 Å². The molecule has 2 aliphatic rings. The van der Waals surface area contributed by atoms with Gasteiger partial charge in [-0.2, -0.15) is 0 Å². The number of rotatable bonds is 2. The Bertz CT molecular complexity index is 604. The molecular weight excluding hydrogens is 281 g/mol. The highest BCUT2D eigenvalue weighted by Gasteiger charge is 2.49. The number of hydrogen-bond acceptors (Lipinski definition) is 1. The highest BCUT2D eigenvalue weighted by atomic mass is 35.5. The molecule has 1 aliphatic heterocycles. The summed E-state index contributed by atoms with van der Waals surface area (Å²) in [6, 6.07) is 5.23. The van der Waals surface area contributed by atoms with Crippen LogP contribution in [-0.4, -0.2) is 11.4 Å². The zero-order valence-electron chi connectivity index (χ0n) is 10.9. The number of carbonyl (C=O) groups is 1. The highest BCUT2D eigenvalue weighted by Crippen LogP contribution is 2.48. The van der Waals surface area contributed by atoms with E-state index in [0.29, 0.717) is 21.5 Å². The first-order valence-electron chi connectivity index (χ1n) is 6.43. The Morgan fingerprint density at radius 3 is 2.63 bits per heavy atom. The monoisotopic (exact) mass is 295 g/mol. The molecule has 2 nitrogen and oxygen atoms in total. The van der Waals surface area contributed by atoms with E-state index in [2.05, 4.69) is 12.2 Å². The van der Waals surface area contributed by atoms with E-state index in [-0.39, 0.29) is 11.4 Å². The smallest absolute Gasteiger partial charge is 0.252 e. The molecule has 1 aromatic rings. The van der Waals surface area contributed by atoms with E-state index in [1.165, 1.54) is 12.8 Å². The fourth-order valence-electron chi connectivity index (χ4n) is 2.90. The molecule has 1 aliphatic carbocycles. The van der Waals surface area contributed by atoms with E-state index in [1.54, 1.807) is 18.2 Å². The third kappa shape index (κ3) is 1.98. The van der Waals surface area contributed by atoms with Crippen LogP contribution in [0.2, 0.25) is 10.0 Å². The lowest BCUT2D eigenvalue weighted by molar-refractivity contribution is -0.116. The van der Waals surface area contributed by atoms with Crippen molar-refractivity contribution >= 4 is 34.7 Å². The van der Waals surface area contributed by atoms with Crippen LogP contribution in [0.3, 0.4) is 0 Å². The number of nitrogens with one attached hydrogen (secondary N) is 1. The molecule has 1 unspecified atom stereocenters. The molecule has 1 saturated carbocycles. The predicted molar refractivity (Wildman–Crippen MR) is 78.3 cm³/mol. The van der Waals surface area contributed by atoms with Crippen LogP contribution in [-0.2, 0) is 4.79 Å². The third-order valence-corrected chi connectivity index (χ3v) is 4.91. The Balaban J connectivity index is 2.15. The lowest BCUT2D eigenvalue weighted by atomic mass is 9.87. The van der Waals surface area contributed by atoms with E-state index in [1.807, 2.05) is 6.92 Å². The second kappa shape index (κ2) is 4.26. The normalized spacial score (nSPS) is 26.8. The van der Waals surface area contributed by atoms with Crippen LogP contribution in [0.1, 0.15) is 32.3 Å². The van der Waals surface area contributed by atoms with Crippen LogP contribution in [0.25, 0.3) is 5.57 Å². The fourth-order valence-corrected chi connectivity index (χ4v) is 3.29. The Labute approximate surface area is 122 Å². The summed E-state index contributed by atoms with van der Waals surface area (Å²) >= 11 is 12.2. The second-order valence-electron chi connectivity index (χ2n) is 5.55. The summed E-state index contributed by atoms with van der Waals surface area (Å²) in [6.45, 7) is 4.12. The van der Waals surface area contributed by atoms with Crippen LogP contribution in [0.4, 0.5) is 0 Å². The van der Waals surface area contributed by atoms with Crippen molar-refractivity contribution in [3.05, 3.63) is 39.4 Å². The molecule has 0 bridgehead atoms. The molecule has 1 aromatic carbocycles. The number of benzene rings is 1. The van der Waals surface area contributed by atoms with Crippen molar-refractivity contribution in [2.45, 2.75) is 32.2 Å². The van der Waals surface area contributed by atoms with Crippen LogP contribution < -0.4 is 5.32 Å². The molecular formula is C15H15Cl2NO. The van der Waals surface area contributed by atoms with Crippen LogP contribution >= 0.6 is 23.2 Å². The molecule has 1 atom stereocenters. The maximum atomic E-state index is 12.3. The van der Waals surface area contributed by atoms with Gasteiger partial charge in [-0.1, -0.05) is 23.2 Å². The van der Waals surface area contributed by atoms with Crippen molar-refractivity contribution in [2.24, 2.45) is 5.92 Å². The lowest BCUT2D eigenvalue weighted by Gasteiger charge is -2.26. The fraction of sp³-hybridized carbons (Fsp3) is 0.400. The van der Waals surface area contributed by atoms with Crippen LogP contribution in [0, 0.1) is 5.92 Å². The maximum absolute atomic E-state index is 12.3. The van der Waals surface area contributed by atoms with Crippen LogP contribution in [0.5, 0.6) is 0 Å². The van der Waals surface area contributed by atoms with Crippen molar-refractivity contribution in [2.75, 3.05) is 0 Å². The molecule has 19 heavy (non-hydrogen) atoms. The molecule has 1 N–H and O–H groups in total. The zero-order valence-corrected chi connectivity index (χ0v) is 12.4. The lowest BCUT2D eigenvalue weighted by Crippen LogP contribution is -2.43. The van der Waals surface area contributed by atoms with Gasteiger partial charge in [0, 0.05) is 21.2 Å². The summed E-state index contributed by atoms with van der Waals surface area (Å²) in [5.74, 6) is 0.503. The molecule has 1 fully saturated rings. The van der Waals surface area contributed by atoms with E-state index < -0.39 is 0 Å². The van der Waals surface area contributed by atoms with Crippen molar-refractivity contribution in [1.82, 2.24) is 5.32 Å².